The van der Waals surface area contributed by atoms with Crippen molar-refractivity contribution in [2.45, 2.75) is 19.5 Å². The van der Waals surface area contributed by atoms with Crippen LogP contribution in [0.25, 0.3) is 20.4 Å². The van der Waals surface area contributed by atoms with Gasteiger partial charge in [-0.05, 0) is 36.4 Å². The van der Waals surface area contributed by atoms with E-state index in [1.807, 2.05) is 12.1 Å². The Labute approximate surface area is 208 Å². The number of carbonyl (C=O) groups is 2. The number of aromatic nitrogens is 2. The molecule has 1 fully saturated rings. The van der Waals surface area contributed by atoms with Crippen LogP contribution in [0.4, 0.5) is 0 Å². The summed E-state index contributed by atoms with van der Waals surface area (Å²) in [5, 5.41) is 10.4. The van der Waals surface area contributed by atoms with Gasteiger partial charge in [0.05, 0.1) is 27.0 Å². The first-order valence-corrected chi connectivity index (χ1v) is 13.4. The minimum Gasteiger partial charge on any atom is -0.448 e. The second-order valence-corrected chi connectivity index (χ2v) is 12.5. The van der Waals surface area contributed by atoms with Crippen LogP contribution >= 0.6 is 69.4 Å². The molecule has 6 nitrogen and oxygen atoms in total. The number of Topliss-reactive ketones (excluding diaryl/α,β-unsaturated/α-hetero) is 1. The standard InChI is InChI=1S/C20H12Cl2N2O4S4/c21-9-1-3-13-11(5-9)23-18(30-13)29-8-20(7-25)16(15(26)17(27)28-20)32-19-24-12-6-10(22)2-4-14(12)31-19/h1-6,16,25H,7-8H2. The Morgan fingerprint density at radius 3 is 2.22 bits per heavy atom. The first-order chi connectivity index (χ1) is 15.4. The van der Waals surface area contributed by atoms with Gasteiger partial charge in [-0.25, -0.2) is 14.8 Å². The lowest BCUT2D eigenvalue weighted by Gasteiger charge is -2.28. The van der Waals surface area contributed by atoms with Crippen molar-refractivity contribution in [1.29, 1.82) is 0 Å². The van der Waals surface area contributed by atoms with Crippen molar-refractivity contribution in [2.75, 3.05) is 12.4 Å². The molecule has 0 bridgehead atoms. The number of thioether (sulfide) groups is 2. The van der Waals surface area contributed by atoms with E-state index in [2.05, 4.69) is 9.97 Å². The number of ketones is 1. The number of carbonyl (C=O) groups excluding carboxylic acids is 2. The number of ether oxygens (including phenoxy) is 1. The molecule has 2 unspecified atom stereocenters. The van der Waals surface area contributed by atoms with Crippen LogP contribution < -0.4 is 0 Å². The van der Waals surface area contributed by atoms with E-state index < -0.39 is 29.2 Å². The van der Waals surface area contributed by atoms with E-state index in [1.54, 1.807) is 24.3 Å². The molecule has 0 spiro atoms. The first-order valence-electron chi connectivity index (χ1n) is 9.16. The molecule has 5 rings (SSSR count). The number of aliphatic hydroxyl groups is 1. The molecule has 0 saturated carbocycles. The maximum atomic E-state index is 12.7. The number of fused-ring (bicyclic) bond motifs is 2. The summed E-state index contributed by atoms with van der Waals surface area (Å²) in [4.78, 5) is 33.9. The lowest BCUT2D eigenvalue weighted by molar-refractivity contribution is -0.154. The summed E-state index contributed by atoms with van der Waals surface area (Å²) in [5.41, 5.74) is 0.0931. The van der Waals surface area contributed by atoms with Crippen LogP contribution in [-0.4, -0.2) is 50.0 Å². The van der Waals surface area contributed by atoms with Gasteiger partial charge in [-0.2, -0.15) is 0 Å². The largest absolute Gasteiger partial charge is 0.448 e. The highest BCUT2D eigenvalue weighted by Crippen LogP contribution is 2.44. The molecule has 1 N–H and O–H groups in total. The number of hydrogen-bond donors (Lipinski definition) is 1. The van der Waals surface area contributed by atoms with E-state index in [-0.39, 0.29) is 5.75 Å². The zero-order valence-electron chi connectivity index (χ0n) is 15.9. The van der Waals surface area contributed by atoms with Crippen LogP contribution in [0, 0.1) is 0 Å². The number of rotatable bonds is 6. The number of benzene rings is 2. The van der Waals surface area contributed by atoms with Gasteiger partial charge in [0.15, 0.2) is 14.3 Å². The van der Waals surface area contributed by atoms with Gasteiger partial charge >= 0.3 is 5.97 Å². The molecular weight excluding hydrogens is 531 g/mol. The topological polar surface area (TPSA) is 89.4 Å². The molecule has 2 atom stereocenters. The fourth-order valence-corrected chi connectivity index (χ4v) is 8.27. The van der Waals surface area contributed by atoms with E-state index in [0.717, 1.165) is 31.0 Å². The third kappa shape index (κ3) is 4.13. The predicted octanol–water partition coefficient (Wildman–Crippen LogP) is 5.32. The number of halogens is 2. The molecule has 164 valence electrons. The molecule has 2 aromatic heterocycles. The van der Waals surface area contributed by atoms with Gasteiger partial charge in [0.1, 0.15) is 5.25 Å². The third-order valence-corrected chi connectivity index (χ3v) is 10.2. The Kier molecular flexibility index (Phi) is 6.12. The first kappa shape index (κ1) is 22.4. The third-order valence-electron chi connectivity index (χ3n) is 4.80. The average molecular weight is 544 g/mol. The molecule has 4 aromatic rings. The molecule has 3 heterocycles. The molecule has 0 radical (unpaired) electrons. The lowest BCUT2D eigenvalue weighted by atomic mass is 10.0. The summed E-state index contributed by atoms with van der Waals surface area (Å²) >= 11 is 17.4. The van der Waals surface area contributed by atoms with Crippen LogP contribution in [0.15, 0.2) is 45.1 Å². The van der Waals surface area contributed by atoms with Gasteiger partial charge in [-0.15, -0.1) is 22.7 Å². The minimum absolute atomic E-state index is 0.170. The number of esters is 1. The van der Waals surface area contributed by atoms with Crippen LogP contribution in [0.1, 0.15) is 0 Å². The summed E-state index contributed by atoms with van der Waals surface area (Å²) < 4.78 is 8.63. The molecular formula is C20H12Cl2N2O4S4. The van der Waals surface area contributed by atoms with Gasteiger partial charge < -0.3 is 9.84 Å². The average Bonchev–Trinajstić information content (AvgIpc) is 3.42. The second-order valence-electron chi connectivity index (χ2n) is 6.95. The zero-order chi connectivity index (χ0) is 22.5. The van der Waals surface area contributed by atoms with Crippen molar-refractivity contribution >= 4 is 102 Å². The number of cyclic esters (lactones) is 1. The van der Waals surface area contributed by atoms with Crippen molar-refractivity contribution in [3.63, 3.8) is 0 Å². The maximum Gasteiger partial charge on any atom is 0.376 e. The van der Waals surface area contributed by atoms with Crippen molar-refractivity contribution in [3.8, 4) is 0 Å². The van der Waals surface area contributed by atoms with E-state index in [4.69, 9.17) is 27.9 Å². The molecule has 1 saturated heterocycles. The second kappa shape index (κ2) is 8.75. The highest BCUT2D eigenvalue weighted by atomic mass is 35.5. The van der Waals surface area contributed by atoms with Crippen LogP contribution in [-0.2, 0) is 14.3 Å². The summed E-state index contributed by atoms with van der Waals surface area (Å²) in [6.45, 7) is -0.497. The summed E-state index contributed by atoms with van der Waals surface area (Å²) in [5.74, 6) is -1.46. The van der Waals surface area contributed by atoms with Gasteiger partial charge in [0, 0.05) is 15.8 Å². The number of nitrogens with zero attached hydrogens (tertiary/aromatic N) is 2. The molecule has 2 aromatic carbocycles. The molecule has 0 amide bonds. The van der Waals surface area contributed by atoms with Crippen LogP contribution in [0.2, 0.25) is 10.0 Å². The monoisotopic (exact) mass is 542 g/mol. The van der Waals surface area contributed by atoms with Gasteiger partial charge in [0.25, 0.3) is 5.78 Å². The Balaban J connectivity index is 1.41. The molecule has 0 aliphatic carbocycles. The Bertz CT molecular complexity index is 1370. The predicted molar refractivity (Wildman–Crippen MR) is 131 cm³/mol. The highest BCUT2D eigenvalue weighted by molar-refractivity contribution is 8.03. The Morgan fingerprint density at radius 2 is 1.59 bits per heavy atom. The number of thiazole rings is 2. The molecule has 32 heavy (non-hydrogen) atoms. The molecule has 1 aliphatic heterocycles. The Hall–Kier alpha value is -1.40. The van der Waals surface area contributed by atoms with Gasteiger partial charge in [-0.1, -0.05) is 46.7 Å². The number of hydrogen-bond acceptors (Lipinski definition) is 10. The minimum atomic E-state index is -1.38. The van der Waals surface area contributed by atoms with Crippen molar-refractivity contribution in [3.05, 3.63) is 46.4 Å². The van der Waals surface area contributed by atoms with Crippen molar-refractivity contribution in [1.82, 2.24) is 9.97 Å². The van der Waals surface area contributed by atoms with Crippen LogP contribution in [0.3, 0.4) is 0 Å². The maximum absolute atomic E-state index is 12.7. The van der Waals surface area contributed by atoms with Gasteiger partial charge in [-0.3, -0.25) is 4.79 Å². The Morgan fingerprint density at radius 1 is 1.00 bits per heavy atom. The zero-order valence-corrected chi connectivity index (χ0v) is 20.7. The molecule has 12 heteroatoms. The van der Waals surface area contributed by atoms with E-state index >= 15 is 0 Å². The van der Waals surface area contributed by atoms with E-state index in [1.165, 1.54) is 34.4 Å². The lowest BCUT2D eigenvalue weighted by Crippen LogP contribution is -2.45. The van der Waals surface area contributed by atoms with Crippen molar-refractivity contribution < 1.29 is 19.4 Å². The van der Waals surface area contributed by atoms with Gasteiger partial charge in [0.2, 0.25) is 0 Å². The number of aliphatic hydroxyl groups excluding tert-OH is 1. The quantitative estimate of drug-likeness (QED) is 0.199. The fraction of sp³-hybridized carbons (Fsp3) is 0.200. The summed E-state index contributed by atoms with van der Waals surface area (Å²) in [7, 11) is 0. The van der Waals surface area contributed by atoms with Crippen molar-refractivity contribution in [2.24, 2.45) is 0 Å². The molecule has 1 aliphatic rings. The van der Waals surface area contributed by atoms with Crippen LogP contribution in [0.5, 0.6) is 0 Å². The fourth-order valence-electron chi connectivity index (χ4n) is 3.22. The van der Waals surface area contributed by atoms with E-state index in [9.17, 15) is 14.7 Å². The van der Waals surface area contributed by atoms with E-state index in [0.29, 0.717) is 19.9 Å². The summed E-state index contributed by atoms with van der Waals surface area (Å²) in [6.07, 6.45) is 0. The normalized spacial score (nSPS) is 21.0. The smallest absolute Gasteiger partial charge is 0.376 e. The highest BCUT2D eigenvalue weighted by Gasteiger charge is 2.56. The summed E-state index contributed by atoms with van der Waals surface area (Å²) in [6, 6.07) is 10.8. The SMILES string of the molecule is O=C1OC(CO)(CSc2nc3cc(Cl)ccc3s2)C(Sc2nc3cc(Cl)ccc3s2)C1=O.